The average molecular weight is 517 g/mol. The number of aryl methyl sites for hydroxylation is 2. The standard InChI is InChI=1S/C29H32N4O5/c1-33-23(17-25(34)29-24(33)15-21(36-2)16-27(29)37-3)20-8-9-26(38-13-5-11-30)22(14-20)32-28(35)10-7-19-6-4-12-31-18-19/h4,6,8-9,12,14-18H,5,7,10-11,13,30H2,1-3H3,(H,32,35). The second-order valence-electron chi connectivity index (χ2n) is 8.79. The first-order chi connectivity index (χ1) is 18.4. The fraction of sp³-hybridized carbons (Fsp3) is 0.276. The third-order valence-electron chi connectivity index (χ3n) is 6.27. The summed E-state index contributed by atoms with van der Waals surface area (Å²) < 4.78 is 18.7. The zero-order valence-corrected chi connectivity index (χ0v) is 21.8. The van der Waals surface area contributed by atoms with Crippen molar-refractivity contribution >= 4 is 22.5 Å². The molecule has 0 aliphatic carbocycles. The summed E-state index contributed by atoms with van der Waals surface area (Å²) in [4.78, 5) is 30.1. The quantitative estimate of drug-likeness (QED) is 0.290. The SMILES string of the molecule is COc1cc(OC)c2c(=O)cc(-c3ccc(OCCCN)c(NC(=O)CCc4cccnc4)c3)n(C)c2c1. The van der Waals surface area contributed by atoms with Crippen LogP contribution in [0.25, 0.3) is 22.2 Å². The zero-order chi connectivity index (χ0) is 27.1. The van der Waals surface area contributed by atoms with Crippen molar-refractivity contribution in [2.24, 2.45) is 12.8 Å². The van der Waals surface area contributed by atoms with Crippen molar-refractivity contribution in [3.63, 3.8) is 0 Å². The number of carbonyl (C=O) groups is 1. The molecule has 38 heavy (non-hydrogen) atoms. The van der Waals surface area contributed by atoms with Crippen molar-refractivity contribution in [1.82, 2.24) is 9.55 Å². The largest absolute Gasteiger partial charge is 0.497 e. The summed E-state index contributed by atoms with van der Waals surface area (Å²) in [5, 5.41) is 3.45. The van der Waals surface area contributed by atoms with Crippen molar-refractivity contribution in [2.45, 2.75) is 19.3 Å². The molecule has 0 bridgehead atoms. The van der Waals surface area contributed by atoms with Gasteiger partial charge in [-0.2, -0.15) is 0 Å². The van der Waals surface area contributed by atoms with Gasteiger partial charge in [-0.3, -0.25) is 14.6 Å². The Kier molecular flexibility index (Phi) is 8.60. The van der Waals surface area contributed by atoms with Crippen LogP contribution in [-0.4, -0.2) is 42.8 Å². The van der Waals surface area contributed by atoms with Crippen LogP contribution in [0.3, 0.4) is 0 Å². The van der Waals surface area contributed by atoms with Crippen molar-refractivity contribution in [3.8, 4) is 28.5 Å². The van der Waals surface area contributed by atoms with Gasteiger partial charge in [-0.05, 0) is 49.2 Å². The van der Waals surface area contributed by atoms with Gasteiger partial charge in [0.15, 0.2) is 5.43 Å². The molecule has 1 amide bonds. The molecule has 9 heteroatoms. The molecule has 2 aromatic heterocycles. The molecule has 0 aliphatic heterocycles. The van der Waals surface area contributed by atoms with Crippen LogP contribution in [0.4, 0.5) is 5.69 Å². The minimum atomic E-state index is -0.182. The molecule has 0 radical (unpaired) electrons. The fourth-order valence-corrected chi connectivity index (χ4v) is 4.26. The Morgan fingerprint density at radius 3 is 2.63 bits per heavy atom. The maximum absolute atomic E-state index is 13.2. The number of hydrogen-bond donors (Lipinski definition) is 2. The van der Waals surface area contributed by atoms with Gasteiger partial charge >= 0.3 is 0 Å². The first-order valence-electron chi connectivity index (χ1n) is 12.4. The lowest BCUT2D eigenvalue weighted by Gasteiger charge is -2.18. The minimum absolute atomic E-state index is 0.156. The molecular formula is C29H32N4O5. The molecule has 0 atom stereocenters. The highest BCUT2D eigenvalue weighted by molar-refractivity contribution is 5.94. The van der Waals surface area contributed by atoms with E-state index in [1.165, 1.54) is 7.11 Å². The molecule has 3 N–H and O–H groups in total. The van der Waals surface area contributed by atoms with E-state index in [4.69, 9.17) is 19.9 Å². The Morgan fingerprint density at radius 1 is 1.08 bits per heavy atom. The van der Waals surface area contributed by atoms with E-state index in [9.17, 15) is 9.59 Å². The van der Waals surface area contributed by atoms with Gasteiger partial charge in [0.05, 0.1) is 43.1 Å². The van der Waals surface area contributed by atoms with Gasteiger partial charge in [-0.25, -0.2) is 0 Å². The van der Waals surface area contributed by atoms with Gasteiger partial charge in [0.1, 0.15) is 17.2 Å². The number of amides is 1. The number of nitrogens with two attached hydrogens (primary N) is 1. The first-order valence-corrected chi connectivity index (χ1v) is 12.4. The third kappa shape index (κ3) is 5.95. The van der Waals surface area contributed by atoms with Crippen LogP contribution in [0.1, 0.15) is 18.4 Å². The summed E-state index contributed by atoms with van der Waals surface area (Å²) >= 11 is 0. The van der Waals surface area contributed by atoms with E-state index in [-0.39, 0.29) is 17.8 Å². The van der Waals surface area contributed by atoms with Crippen molar-refractivity contribution < 1.29 is 19.0 Å². The summed E-state index contributed by atoms with van der Waals surface area (Å²) in [7, 11) is 4.96. The second-order valence-corrected chi connectivity index (χ2v) is 8.79. The molecule has 0 fully saturated rings. The summed E-state index contributed by atoms with van der Waals surface area (Å²) in [6.45, 7) is 0.916. The Labute approximate surface area is 221 Å². The maximum Gasteiger partial charge on any atom is 0.224 e. The Bertz CT molecular complexity index is 1480. The first kappa shape index (κ1) is 26.7. The number of carbonyl (C=O) groups excluding carboxylic acids is 1. The summed E-state index contributed by atoms with van der Waals surface area (Å²) in [6.07, 6.45) is 4.97. The molecule has 0 saturated carbocycles. The molecule has 9 nitrogen and oxygen atoms in total. The number of ether oxygens (including phenoxy) is 3. The number of pyridine rings is 2. The molecule has 2 aromatic carbocycles. The predicted octanol–water partition coefficient (Wildman–Crippen LogP) is 3.92. The molecule has 0 spiro atoms. The number of aromatic nitrogens is 2. The lowest BCUT2D eigenvalue weighted by Crippen LogP contribution is -2.15. The minimum Gasteiger partial charge on any atom is -0.497 e. The normalized spacial score (nSPS) is 10.8. The number of fused-ring (bicyclic) bond motifs is 1. The van der Waals surface area contributed by atoms with Crippen molar-refractivity contribution in [3.05, 3.63) is 76.7 Å². The molecule has 198 valence electrons. The van der Waals surface area contributed by atoms with Gasteiger partial charge in [0.25, 0.3) is 0 Å². The molecule has 0 unspecified atom stereocenters. The van der Waals surface area contributed by atoms with E-state index in [1.54, 1.807) is 43.8 Å². The topological polar surface area (TPSA) is 118 Å². The van der Waals surface area contributed by atoms with E-state index in [0.29, 0.717) is 65.5 Å². The van der Waals surface area contributed by atoms with Gasteiger partial charge in [-0.1, -0.05) is 6.07 Å². The highest BCUT2D eigenvalue weighted by Crippen LogP contribution is 2.34. The zero-order valence-electron chi connectivity index (χ0n) is 21.8. The molecule has 4 aromatic rings. The lowest BCUT2D eigenvalue weighted by atomic mass is 10.1. The molecule has 4 rings (SSSR count). The van der Waals surface area contributed by atoms with Crippen LogP contribution in [-0.2, 0) is 18.3 Å². The van der Waals surface area contributed by atoms with Crippen LogP contribution >= 0.6 is 0 Å². The Morgan fingerprint density at radius 2 is 1.92 bits per heavy atom. The van der Waals surface area contributed by atoms with E-state index in [1.807, 2.05) is 35.9 Å². The lowest BCUT2D eigenvalue weighted by molar-refractivity contribution is -0.116. The van der Waals surface area contributed by atoms with E-state index in [0.717, 1.165) is 11.1 Å². The highest BCUT2D eigenvalue weighted by atomic mass is 16.5. The molecule has 0 saturated heterocycles. The van der Waals surface area contributed by atoms with Crippen molar-refractivity contribution in [1.29, 1.82) is 0 Å². The van der Waals surface area contributed by atoms with Gasteiger partial charge in [0, 0.05) is 49.6 Å². The van der Waals surface area contributed by atoms with Crippen molar-refractivity contribution in [2.75, 3.05) is 32.7 Å². The van der Waals surface area contributed by atoms with E-state index >= 15 is 0 Å². The van der Waals surface area contributed by atoms with Crippen LogP contribution in [0.5, 0.6) is 17.2 Å². The third-order valence-corrected chi connectivity index (χ3v) is 6.27. The summed E-state index contributed by atoms with van der Waals surface area (Å²) in [5.41, 5.74) is 9.00. The number of methoxy groups -OCH3 is 2. The van der Waals surface area contributed by atoms with Gasteiger partial charge in [0.2, 0.25) is 5.91 Å². The number of nitrogens with zero attached hydrogens (tertiary/aromatic N) is 2. The average Bonchev–Trinajstić information content (AvgIpc) is 2.94. The van der Waals surface area contributed by atoms with Crippen LogP contribution in [0, 0.1) is 0 Å². The summed E-state index contributed by atoms with van der Waals surface area (Å²) in [6, 6.07) is 14.3. The number of rotatable bonds is 11. The Hall–Kier alpha value is -4.37. The monoisotopic (exact) mass is 516 g/mol. The highest BCUT2D eigenvalue weighted by Gasteiger charge is 2.17. The Balaban J connectivity index is 1.71. The van der Waals surface area contributed by atoms with Crippen LogP contribution < -0.4 is 30.7 Å². The van der Waals surface area contributed by atoms with E-state index < -0.39 is 0 Å². The van der Waals surface area contributed by atoms with Gasteiger partial charge in [-0.15, -0.1) is 0 Å². The molecular weight excluding hydrogens is 484 g/mol. The van der Waals surface area contributed by atoms with Gasteiger partial charge < -0.3 is 29.8 Å². The number of hydrogen-bond acceptors (Lipinski definition) is 7. The predicted molar refractivity (Wildman–Crippen MR) is 148 cm³/mol. The molecule has 2 heterocycles. The fourth-order valence-electron chi connectivity index (χ4n) is 4.26. The van der Waals surface area contributed by atoms with Crippen LogP contribution in [0.15, 0.2) is 65.7 Å². The summed E-state index contributed by atoms with van der Waals surface area (Å²) in [5.74, 6) is 1.39. The smallest absolute Gasteiger partial charge is 0.224 e. The molecule has 0 aliphatic rings. The number of benzene rings is 2. The number of nitrogens with one attached hydrogen (secondary N) is 1. The van der Waals surface area contributed by atoms with Crippen LogP contribution in [0.2, 0.25) is 0 Å². The second kappa shape index (κ2) is 12.2. The maximum atomic E-state index is 13.2. The van der Waals surface area contributed by atoms with E-state index in [2.05, 4.69) is 10.3 Å². The number of anilines is 1.